The summed E-state index contributed by atoms with van der Waals surface area (Å²) < 4.78 is 19.9. The van der Waals surface area contributed by atoms with Crippen LogP contribution in [0.3, 0.4) is 0 Å². The number of nitrogens with zero attached hydrogens (tertiary/aromatic N) is 12. The minimum atomic E-state index is -1.25. The van der Waals surface area contributed by atoms with Gasteiger partial charge in [-0.25, -0.2) is 0 Å². The number of rotatable bonds is 23. The van der Waals surface area contributed by atoms with Crippen LogP contribution < -0.4 is 21.2 Å². The molecule has 14 aromatic carbocycles. The zero-order valence-electron chi connectivity index (χ0n) is 81.6. The number of aromatic nitrogens is 12. The summed E-state index contributed by atoms with van der Waals surface area (Å²) in [5, 5.41) is 2.91. The van der Waals surface area contributed by atoms with Gasteiger partial charge in [0.2, 0.25) is 0 Å². The molecule has 6 heterocycles. The Kier molecular flexibility index (Phi) is 32.6. The molecule has 18 heteroatoms. The molecule has 13 nitrogen and oxygen atoms in total. The molecular formula is C122H109N12OPPt3S. The number of para-hydroxylation sites is 5. The Balaban J connectivity index is 0.000000157. The first-order chi connectivity index (χ1) is 66.5. The van der Waals surface area contributed by atoms with Crippen LogP contribution in [-0.4, -0.2) is 57.3 Å². The Morgan fingerprint density at radius 2 is 0.700 bits per heavy atom. The standard InChI is InChI=1S/C42H36N4O.C40H33N4P.C40H40N4S.3Pt/c1-27-22-28(2)42(29(3)23-27)46-31(5)41(44-32(46)6)35-17-13-19-37(25-35)47-36-18-12-16-34(24-36)40-30(4)45(26-43-40)39-21-11-10-20-38(39)33-14-8-7-9-15-33;1-28-16-14-17-29(2)37(28)43-26-35(32-20-8-5-9-21-32)41-39(43)45(34-24-12-7-13-25-34)40-42-36(33-22-10-6-11-23-33)27-44(40)38-30(3)18-15-19-31(38)4;1-26(2)32-21-14-16-29(7)37(32)43-24-35(30-17-10-8-11-18-30)41-39(43)45-40-42-36(31-19-12-9-13-20-31)25-44(40)38-33(27(3)4)22-15-23-34(38)28(5)6;;;/h7-23,26H,1-6H3;5-20,22,24-27H,1-4H3;8-17,19,21-28H,1-7H3;;;/q3*-2;3*+2. The summed E-state index contributed by atoms with van der Waals surface area (Å²) in [6.45, 7) is 37.1. The molecule has 0 unspecified atom stereocenters. The number of ether oxygens (including phenoxy) is 1. The van der Waals surface area contributed by atoms with Gasteiger partial charge in [-0.05, 0) is 203 Å². The molecular weight excluding hydrogens is 2300 g/mol. The Labute approximate surface area is 873 Å². The van der Waals surface area contributed by atoms with E-state index in [0.717, 1.165) is 134 Å². The quantitative estimate of drug-likeness (QED) is 0.0459. The van der Waals surface area contributed by atoms with E-state index in [1.807, 2.05) is 122 Å². The molecule has 0 aliphatic rings. The molecule has 0 saturated carbocycles. The van der Waals surface area contributed by atoms with Gasteiger partial charge in [0.25, 0.3) is 0 Å². The van der Waals surface area contributed by atoms with Gasteiger partial charge in [-0.15, -0.1) is 191 Å². The minimum Gasteiger partial charge on any atom is -0.497 e. The molecule has 0 radical (unpaired) electrons. The topological polar surface area (TPSA) is 116 Å². The van der Waals surface area contributed by atoms with Crippen molar-refractivity contribution in [3.05, 3.63) is 449 Å². The predicted molar refractivity (Wildman–Crippen MR) is 563 cm³/mol. The van der Waals surface area contributed by atoms with Crippen LogP contribution in [0.25, 0.3) is 113 Å². The number of imidazole rings is 6. The second-order valence-electron chi connectivity index (χ2n) is 35.8. The zero-order chi connectivity index (χ0) is 95.2. The van der Waals surface area contributed by atoms with Crippen molar-refractivity contribution in [1.82, 2.24) is 57.3 Å². The second kappa shape index (κ2) is 45.1. The SMILES string of the molecule is Cc1cc(C)c(-n2c(C)nc(-c3[c-]c(Oc4[c-]c(-c5ncn(-c6ccccc6-c6ccccc6)c5C)ccc4)ccc3)c2C)c(C)c1.Cc1cccc(C(C)C)c1-n1cc(-c2[c-]cccc2)nc1Sc1nc(-c2[c-]cccc2)cn1-c1c(C(C)C)cccc1C(C)C.Cc1cccc(C)c1-n1cc(-c2[c-]cccc2)nc1P(c1ccccc1)c1nc(-c2[c-]cccc2)cn1-c1c(C)cccc1C.[Pt+2].[Pt+2].[Pt+2]. The number of aryl methyl sites for hydroxylation is 9. The van der Waals surface area contributed by atoms with E-state index in [9.17, 15) is 0 Å². The Morgan fingerprint density at radius 3 is 1.16 bits per heavy atom. The van der Waals surface area contributed by atoms with Crippen molar-refractivity contribution in [2.45, 2.75) is 146 Å². The van der Waals surface area contributed by atoms with Crippen LogP contribution in [0, 0.1) is 113 Å². The largest absolute Gasteiger partial charge is 2.00 e. The summed E-state index contributed by atoms with van der Waals surface area (Å²) in [5.74, 6) is 3.17. The second-order valence-corrected chi connectivity index (χ2v) is 38.8. The fraction of sp³-hybridized carbons (Fsp3) is 0.164. The molecule has 0 saturated heterocycles. The van der Waals surface area contributed by atoms with Crippen molar-refractivity contribution in [2.75, 3.05) is 0 Å². The fourth-order valence-electron chi connectivity index (χ4n) is 18.5. The van der Waals surface area contributed by atoms with E-state index in [4.69, 9.17) is 34.6 Å². The van der Waals surface area contributed by atoms with Crippen molar-refractivity contribution in [3.8, 4) is 124 Å². The van der Waals surface area contributed by atoms with Crippen molar-refractivity contribution in [2.24, 2.45) is 0 Å². The van der Waals surface area contributed by atoms with Crippen LogP contribution in [0.2, 0.25) is 0 Å². The summed E-state index contributed by atoms with van der Waals surface area (Å²) in [6, 6.07) is 125. The number of benzene rings is 14. The van der Waals surface area contributed by atoms with Gasteiger partial charge in [-0.1, -0.05) is 223 Å². The summed E-state index contributed by atoms with van der Waals surface area (Å²) in [5.41, 5.74) is 37.7. The fourth-order valence-corrected chi connectivity index (χ4v) is 21.8. The van der Waals surface area contributed by atoms with Crippen molar-refractivity contribution in [3.63, 3.8) is 0 Å². The van der Waals surface area contributed by atoms with E-state index >= 15 is 0 Å². The van der Waals surface area contributed by atoms with Gasteiger partial charge >= 0.3 is 63.2 Å². The van der Waals surface area contributed by atoms with Crippen LogP contribution >= 0.6 is 19.7 Å². The van der Waals surface area contributed by atoms with Crippen molar-refractivity contribution >= 4 is 36.1 Å². The molecule has 6 aromatic heterocycles. The molecule has 0 N–H and O–H groups in total. The number of hydrogen-bond donors (Lipinski definition) is 0. The third kappa shape index (κ3) is 21.5. The molecule has 0 amide bonds. The van der Waals surface area contributed by atoms with E-state index in [1.165, 1.54) is 83.6 Å². The minimum absolute atomic E-state index is 0. The van der Waals surface area contributed by atoms with E-state index in [2.05, 4.69) is 394 Å². The number of hydrogen-bond acceptors (Lipinski definition) is 8. The monoisotopic (exact) mass is 2410 g/mol. The molecule has 0 aliphatic carbocycles. The Morgan fingerprint density at radius 1 is 0.321 bits per heavy atom. The average Bonchev–Trinajstić information content (AvgIpc) is 1.59. The molecule has 0 aliphatic heterocycles. The Hall–Kier alpha value is -13.0. The van der Waals surface area contributed by atoms with Crippen LogP contribution in [0.5, 0.6) is 11.5 Å². The van der Waals surface area contributed by atoms with E-state index in [0.29, 0.717) is 29.3 Å². The van der Waals surface area contributed by atoms with Crippen LogP contribution in [0.15, 0.2) is 345 Å². The van der Waals surface area contributed by atoms with Gasteiger partial charge in [0.15, 0.2) is 10.3 Å². The first-order valence-electron chi connectivity index (χ1n) is 46.7. The van der Waals surface area contributed by atoms with Gasteiger partial charge in [0, 0.05) is 62.6 Å². The molecule has 20 aromatic rings. The molecule has 0 atom stereocenters. The third-order valence-corrected chi connectivity index (χ3v) is 28.2. The van der Waals surface area contributed by atoms with E-state index in [-0.39, 0.29) is 63.2 Å². The predicted octanol–water partition coefficient (Wildman–Crippen LogP) is 29.1. The molecule has 0 fully saturated rings. The van der Waals surface area contributed by atoms with Gasteiger partial charge in [-0.2, -0.15) is 0 Å². The molecule has 0 spiro atoms. The maximum Gasteiger partial charge on any atom is 2.00 e. The van der Waals surface area contributed by atoms with Crippen LogP contribution in [0.4, 0.5) is 0 Å². The van der Waals surface area contributed by atoms with Gasteiger partial charge in [-0.3, -0.25) is 29.9 Å². The van der Waals surface area contributed by atoms with Crippen LogP contribution in [0.1, 0.15) is 138 Å². The van der Waals surface area contributed by atoms with Crippen LogP contribution in [-0.2, 0) is 63.2 Å². The van der Waals surface area contributed by atoms with Crippen molar-refractivity contribution < 1.29 is 67.9 Å². The van der Waals surface area contributed by atoms with Crippen molar-refractivity contribution in [1.29, 1.82) is 0 Å². The average molecular weight is 2410 g/mol. The maximum absolute atomic E-state index is 6.34. The summed E-state index contributed by atoms with van der Waals surface area (Å²) in [7, 11) is -1.25. The van der Waals surface area contributed by atoms with E-state index < -0.39 is 7.92 Å². The molecule has 20 rings (SSSR count). The molecule has 140 heavy (non-hydrogen) atoms. The maximum atomic E-state index is 6.34. The zero-order valence-corrected chi connectivity index (χ0v) is 90.1. The Bertz CT molecular complexity index is 7490. The first kappa shape index (κ1) is 101. The van der Waals surface area contributed by atoms with E-state index in [1.54, 1.807) is 11.8 Å². The first-order valence-corrected chi connectivity index (χ1v) is 48.9. The van der Waals surface area contributed by atoms with Gasteiger partial charge < -0.3 is 32.1 Å². The van der Waals surface area contributed by atoms with Gasteiger partial charge in [0.1, 0.15) is 11.1 Å². The molecule has 704 valence electrons. The summed E-state index contributed by atoms with van der Waals surface area (Å²) in [4.78, 5) is 31.3. The summed E-state index contributed by atoms with van der Waals surface area (Å²) >= 11 is 1.61. The summed E-state index contributed by atoms with van der Waals surface area (Å²) in [6.07, 6.45) is 10.6. The van der Waals surface area contributed by atoms with Gasteiger partial charge in [0.05, 0.1) is 54.2 Å². The third-order valence-electron chi connectivity index (χ3n) is 25.0. The normalized spacial score (nSPS) is 11.2. The smallest absolute Gasteiger partial charge is 0.497 e. The molecule has 0 bridgehead atoms.